The number of benzene rings is 1. The fraction of sp³-hybridized carbons (Fsp3) is 0.455. The predicted molar refractivity (Wildman–Crippen MR) is 112 cm³/mol. The van der Waals surface area contributed by atoms with Crippen LogP contribution in [-0.2, 0) is 11.3 Å². The molecule has 3 heterocycles. The minimum atomic E-state index is -0.292. The molecule has 0 saturated carbocycles. The summed E-state index contributed by atoms with van der Waals surface area (Å²) in [6, 6.07) is 5.99. The van der Waals surface area contributed by atoms with Gasteiger partial charge in [0.25, 0.3) is 5.56 Å². The Kier molecular flexibility index (Phi) is 4.98. The van der Waals surface area contributed by atoms with E-state index >= 15 is 0 Å². The molecular formula is C22H27N5O2. The van der Waals surface area contributed by atoms with Crippen molar-refractivity contribution in [1.29, 1.82) is 0 Å². The van der Waals surface area contributed by atoms with Crippen molar-refractivity contribution in [1.82, 2.24) is 24.5 Å². The molecule has 1 aromatic carbocycles. The number of carbonyl (C=O) groups is 1. The maximum Gasteiger partial charge on any atom is 0.293 e. The van der Waals surface area contributed by atoms with Crippen molar-refractivity contribution in [3.63, 3.8) is 0 Å². The summed E-state index contributed by atoms with van der Waals surface area (Å²) in [5.41, 5.74) is 4.00. The number of hydrogen-bond donors (Lipinski definition) is 0. The van der Waals surface area contributed by atoms with Crippen molar-refractivity contribution in [2.45, 2.75) is 47.1 Å². The number of aromatic nitrogens is 4. The van der Waals surface area contributed by atoms with E-state index < -0.39 is 0 Å². The summed E-state index contributed by atoms with van der Waals surface area (Å²) in [5, 5.41) is 9.55. The minimum absolute atomic E-state index is 0.0396. The molecule has 1 amide bonds. The molecule has 4 rings (SSSR count). The quantitative estimate of drug-likeness (QED) is 0.686. The number of amides is 1. The molecule has 3 aromatic rings. The first-order chi connectivity index (χ1) is 13.8. The molecule has 1 aliphatic heterocycles. The average Bonchev–Trinajstić information content (AvgIpc) is 3.14. The van der Waals surface area contributed by atoms with E-state index in [9.17, 15) is 9.59 Å². The lowest BCUT2D eigenvalue weighted by atomic mass is 9.99. The van der Waals surface area contributed by atoms with Crippen LogP contribution in [0.15, 0.2) is 29.2 Å². The third-order valence-electron chi connectivity index (χ3n) is 6.02. The number of carbonyl (C=O) groups excluding carboxylic acids is 1. The molecule has 0 spiro atoms. The lowest BCUT2D eigenvalue weighted by Gasteiger charge is -2.30. The number of rotatable bonds is 3. The zero-order valence-corrected chi connectivity index (χ0v) is 17.5. The van der Waals surface area contributed by atoms with E-state index in [1.807, 2.05) is 43.9 Å². The summed E-state index contributed by atoms with van der Waals surface area (Å²) in [6.45, 7) is 9.59. The smallest absolute Gasteiger partial charge is 0.293 e. The number of aryl methyl sites for hydroxylation is 3. The Balaban J connectivity index is 1.73. The lowest BCUT2D eigenvalue weighted by molar-refractivity contribution is -0.133. The molecule has 7 nitrogen and oxygen atoms in total. The third-order valence-corrected chi connectivity index (χ3v) is 6.02. The standard InChI is InChI=1S/C22H27N5O2/c1-14-7-9-25(10-8-14)20(28)13-26-22(29)21-19(17(4)24-26)12-23-27(21)18-6-5-15(2)16(3)11-18/h5-6,11-12,14H,7-10,13H2,1-4H3. The molecular weight excluding hydrogens is 366 g/mol. The van der Waals surface area contributed by atoms with E-state index in [1.165, 1.54) is 10.2 Å². The van der Waals surface area contributed by atoms with Crippen LogP contribution >= 0.6 is 0 Å². The number of piperidine rings is 1. The van der Waals surface area contributed by atoms with Crippen LogP contribution in [0.5, 0.6) is 0 Å². The second-order valence-electron chi connectivity index (χ2n) is 8.20. The van der Waals surface area contributed by atoms with Crippen molar-refractivity contribution >= 4 is 16.8 Å². The summed E-state index contributed by atoms with van der Waals surface area (Å²) >= 11 is 0. The fourth-order valence-corrected chi connectivity index (χ4v) is 3.87. The van der Waals surface area contributed by atoms with Crippen LogP contribution < -0.4 is 5.56 Å². The highest BCUT2D eigenvalue weighted by atomic mass is 16.2. The minimum Gasteiger partial charge on any atom is -0.341 e. The van der Waals surface area contributed by atoms with E-state index in [-0.39, 0.29) is 18.0 Å². The molecule has 2 aromatic heterocycles. The monoisotopic (exact) mass is 393 g/mol. The largest absolute Gasteiger partial charge is 0.341 e. The van der Waals surface area contributed by atoms with Gasteiger partial charge >= 0.3 is 0 Å². The molecule has 0 bridgehead atoms. The maximum atomic E-state index is 13.2. The van der Waals surface area contributed by atoms with Crippen LogP contribution in [0, 0.1) is 26.7 Å². The van der Waals surface area contributed by atoms with Gasteiger partial charge in [-0.05, 0) is 62.8 Å². The van der Waals surface area contributed by atoms with Gasteiger partial charge in [0.1, 0.15) is 12.1 Å². The molecule has 29 heavy (non-hydrogen) atoms. The van der Waals surface area contributed by atoms with Crippen LogP contribution in [0.3, 0.4) is 0 Å². The van der Waals surface area contributed by atoms with Crippen LogP contribution in [-0.4, -0.2) is 43.5 Å². The molecule has 0 N–H and O–H groups in total. The van der Waals surface area contributed by atoms with Gasteiger partial charge in [0, 0.05) is 18.5 Å². The number of likely N-dealkylation sites (tertiary alicyclic amines) is 1. The van der Waals surface area contributed by atoms with Gasteiger partial charge in [-0.1, -0.05) is 13.0 Å². The van der Waals surface area contributed by atoms with Crippen LogP contribution in [0.1, 0.15) is 36.6 Å². The second-order valence-corrected chi connectivity index (χ2v) is 8.20. The molecule has 1 saturated heterocycles. The zero-order valence-electron chi connectivity index (χ0n) is 17.5. The summed E-state index contributed by atoms with van der Waals surface area (Å²) in [5.74, 6) is 0.591. The molecule has 0 aliphatic carbocycles. The first-order valence-corrected chi connectivity index (χ1v) is 10.2. The van der Waals surface area contributed by atoms with Gasteiger partial charge in [-0.25, -0.2) is 9.36 Å². The van der Waals surface area contributed by atoms with Crippen molar-refractivity contribution in [3.8, 4) is 5.69 Å². The van der Waals surface area contributed by atoms with Crippen molar-refractivity contribution in [3.05, 3.63) is 51.6 Å². The molecule has 7 heteroatoms. The highest BCUT2D eigenvalue weighted by Crippen LogP contribution is 2.20. The number of hydrogen-bond acceptors (Lipinski definition) is 4. The zero-order chi connectivity index (χ0) is 20.7. The molecule has 0 atom stereocenters. The maximum absolute atomic E-state index is 13.2. The normalized spacial score (nSPS) is 15.2. The Hall–Kier alpha value is -2.96. The van der Waals surface area contributed by atoms with Crippen molar-refractivity contribution in [2.24, 2.45) is 5.92 Å². The van der Waals surface area contributed by atoms with E-state index in [0.717, 1.165) is 37.2 Å². The van der Waals surface area contributed by atoms with Gasteiger partial charge in [0.2, 0.25) is 5.91 Å². The summed E-state index contributed by atoms with van der Waals surface area (Å²) in [6.07, 6.45) is 3.68. The molecule has 1 aliphatic rings. The van der Waals surface area contributed by atoms with Crippen LogP contribution in [0.4, 0.5) is 0 Å². The number of fused-ring (bicyclic) bond motifs is 1. The van der Waals surface area contributed by atoms with Crippen LogP contribution in [0.2, 0.25) is 0 Å². The number of nitrogens with zero attached hydrogens (tertiary/aromatic N) is 5. The SMILES string of the molecule is Cc1ccc(-n2ncc3c(C)nn(CC(=O)N4CCC(C)CC4)c(=O)c32)cc1C. The lowest BCUT2D eigenvalue weighted by Crippen LogP contribution is -2.42. The first kappa shape index (κ1) is 19.4. The molecule has 1 fully saturated rings. The summed E-state index contributed by atoms with van der Waals surface area (Å²) in [7, 11) is 0. The van der Waals surface area contributed by atoms with Gasteiger partial charge < -0.3 is 4.90 Å². The van der Waals surface area contributed by atoms with E-state index in [2.05, 4.69) is 17.1 Å². The van der Waals surface area contributed by atoms with Gasteiger partial charge in [-0.2, -0.15) is 10.2 Å². The fourth-order valence-electron chi connectivity index (χ4n) is 3.87. The Labute approximate surface area is 169 Å². The van der Waals surface area contributed by atoms with Crippen LogP contribution in [0.25, 0.3) is 16.6 Å². The molecule has 0 unspecified atom stereocenters. The second kappa shape index (κ2) is 7.46. The highest BCUT2D eigenvalue weighted by Gasteiger charge is 2.22. The van der Waals surface area contributed by atoms with Crippen molar-refractivity contribution in [2.75, 3.05) is 13.1 Å². The van der Waals surface area contributed by atoms with Crippen molar-refractivity contribution < 1.29 is 4.79 Å². The topological polar surface area (TPSA) is 73.0 Å². The van der Waals surface area contributed by atoms with Gasteiger partial charge in [-0.15, -0.1) is 0 Å². The Morgan fingerprint density at radius 1 is 1.14 bits per heavy atom. The third kappa shape index (κ3) is 3.57. The molecule has 152 valence electrons. The van der Waals surface area contributed by atoms with Gasteiger partial charge in [0.15, 0.2) is 0 Å². The Morgan fingerprint density at radius 3 is 2.55 bits per heavy atom. The van der Waals surface area contributed by atoms with Gasteiger partial charge in [0.05, 0.1) is 17.6 Å². The first-order valence-electron chi connectivity index (χ1n) is 10.2. The van der Waals surface area contributed by atoms with E-state index in [1.54, 1.807) is 10.9 Å². The summed E-state index contributed by atoms with van der Waals surface area (Å²) < 4.78 is 2.94. The Morgan fingerprint density at radius 2 is 1.86 bits per heavy atom. The van der Waals surface area contributed by atoms with Gasteiger partial charge in [-0.3, -0.25) is 9.59 Å². The Bertz CT molecular complexity index is 1140. The van der Waals surface area contributed by atoms with E-state index in [0.29, 0.717) is 22.5 Å². The predicted octanol–water partition coefficient (Wildman–Crippen LogP) is 2.77. The molecule has 0 radical (unpaired) electrons. The average molecular weight is 393 g/mol. The van der Waals surface area contributed by atoms with E-state index in [4.69, 9.17) is 0 Å². The summed E-state index contributed by atoms with van der Waals surface area (Å²) in [4.78, 5) is 27.8. The highest BCUT2D eigenvalue weighted by molar-refractivity contribution is 5.82.